The van der Waals surface area contributed by atoms with Crippen molar-refractivity contribution in [2.45, 2.75) is 40.2 Å². The van der Waals surface area contributed by atoms with E-state index in [9.17, 15) is 4.39 Å². The van der Waals surface area contributed by atoms with Crippen LogP contribution in [-0.2, 0) is 6.54 Å². The Morgan fingerprint density at radius 2 is 1.94 bits per heavy atom. The molecule has 1 aromatic rings. The minimum absolute atomic E-state index is 0.110. The van der Waals surface area contributed by atoms with Crippen molar-refractivity contribution in [1.82, 2.24) is 5.32 Å². The fraction of sp³-hybridized carbons (Fsp3) is 0.600. The molecule has 18 heavy (non-hydrogen) atoms. The Hall–Kier alpha value is -1.09. The molecule has 0 aliphatic carbocycles. The number of benzene rings is 1. The molecule has 0 unspecified atom stereocenters. The molecule has 0 saturated carbocycles. The van der Waals surface area contributed by atoms with Crippen LogP contribution >= 0.6 is 0 Å². The first kappa shape index (κ1) is 15.0. The zero-order chi connectivity index (χ0) is 13.4. The Kier molecular flexibility index (Phi) is 6.73. The van der Waals surface area contributed by atoms with Gasteiger partial charge in [0.25, 0.3) is 0 Å². The summed E-state index contributed by atoms with van der Waals surface area (Å²) in [5.41, 5.74) is 1.82. The highest BCUT2D eigenvalue weighted by atomic mass is 19.1. The van der Waals surface area contributed by atoms with Crippen LogP contribution in [0, 0.1) is 5.82 Å². The predicted octanol–water partition coefficient (Wildman–Crippen LogP) is 3.56. The molecule has 2 nitrogen and oxygen atoms in total. The number of hydrogen-bond acceptors (Lipinski definition) is 2. The summed E-state index contributed by atoms with van der Waals surface area (Å²) in [6.07, 6.45) is 2.13. The second-order valence-corrected chi connectivity index (χ2v) is 4.50. The molecule has 3 heteroatoms. The highest BCUT2D eigenvalue weighted by Gasteiger charge is 2.13. The first-order valence-electron chi connectivity index (χ1n) is 6.97. The number of nitrogens with one attached hydrogen (secondary N) is 1. The lowest BCUT2D eigenvalue weighted by molar-refractivity contribution is 0.607. The quantitative estimate of drug-likeness (QED) is 0.712. The standard InChI is InChI=1S/C15H25FN2/c1-4-10-17-12-13-8-7-9-14(16)15(13)18(6-3)11-5-2/h7-9,17H,4-6,10-12H2,1-3H3. The van der Waals surface area contributed by atoms with Gasteiger partial charge in [0.05, 0.1) is 5.69 Å². The summed E-state index contributed by atoms with van der Waals surface area (Å²) in [5.74, 6) is -0.110. The topological polar surface area (TPSA) is 15.3 Å². The van der Waals surface area contributed by atoms with Gasteiger partial charge in [0.15, 0.2) is 0 Å². The van der Waals surface area contributed by atoms with Crippen LogP contribution in [0.5, 0.6) is 0 Å². The van der Waals surface area contributed by atoms with Gasteiger partial charge in [-0.05, 0) is 37.9 Å². The molecule has 0 saturated heterocycles. The zero-order valence-electron chi connectivity index (χ0n) is 11.8. The van der Waals surface area contributed by atoms with Crippen molar-refractivity contribution in [1.29, 1.82) is 0 Å². The number of para-hydroxylation sites is 1. The van der Waals surface area contributed by atoms with E-state index in [1.54, 1.807) is 12.1 Å². The fourth-order valence-corrected chi connectivity index (χ4v) is 2.15. The third-order valence-electron chi connectivity index (χ3n) is 3.00. The van der Waals surface area contributed by atoms with E-state index in [1.165, 1.54) is 0 Å². The van der Waals surface area contributed by atoms with Crippen molar-refractivity contribution in [2.75, 3.05) is 24.5 Å². The van der Waals surface area contributed by atoms with Crippen LogP contribution in [0.25, 0.3) is 0 Å². The normalized spacial score (nSPS) is 10.7. The average Bonchev–Trinajstić information content (AvgIpc) is 2.37. The van der Waals surface area contributed by atoms with Gasteiger partial charge in [-0.15, -0.1) is 0 Å². The molecule has 0 amide bonds. The van der Waals surface area contributed by atoms with Gasteiger partial charge in [-0.3, -0.25) is 0 Å². The Bertz CT molecular complexity index is 352. The minimum Gasteiger partial charge on any atom is -0.369 e. The lowest BCUT2D eigenvalue weighted by atomic mass is 10.1. The maximum Gasteiger partial charge on any atom is 0.146 e. The molecule has 0 aromatic heterocycles. The van der Waals surface area contributed by atoms with Crippen LogP contribution in [0.4, 0.5) is 10.1 Å². The monoisotopic (exact) mass is 252 g/mol. The number of rotatable bonds is 8. The Labute approximate surface area is 110 Å². The van der Waals surface area contributed by atoms with E-state index in [4.69, 9.17) is 0 Å². The van der Waals surface area contributed by atoms with Crippen molar-refractivity contribution >= 4 is 5.69 Å². The van der Waals surface area contributed by atoms with Crippen LogP contribution < -0.4 is 10.2 Å². The number of nitrogens with zero attached hydrogens (tertiary/aromatic N) is 1. The molecule has 0 heterocycles. The van der Waals surface area contributed by atoms with E-state index in [1.807, 2.05) is 6.07 Å². The van der Waals surface area contributed by atoms with Gasteiger partial charge in [0.2, 0.25) is 0 Å². The molecular weight excluding hydrogens is 227 g/mol. The molecule has 1 rings (SSSR count). The van der Waals surface area contributed by atoms with Crippen LogP contribution in [0.3, 0.4) is 0 Å². The second-order valence-electron chi connectivity index (χ2n) is 4.50. The first-order chi connectivity index (χ1) is 8.74. The van der Waals surface area contributed by atoms with E-state index in [2.05, 4.69) is 31.0 Å². The minimum atomic E-state index is -0.110. The van der Waals surface area contributed by atoms with Crippen LogP contribution in [0.2, 0.25) is 0 Å². The molecule has 0 radical (unpaired) electrons. The summed E-state index contributed by atoms with van der Waals surface area (Å²) in [7, 11) is 0. The summed E-state index contributed by atoms with van der Waals surface area (Å²) in [4.78, 5) is 2.12. The number of anilines is 1. The molecule has 0 aliphatic rings. The van der Waals surface area contributed by atoms with Crippen molar-refractivity contribution < 1.29 is 4.39 Å². The molecule has 1 aromatic carbocycles. The highest BCUT2D eigenvalue weighted by Crippen LogP contribution is 2.24. The molecule has 102 valence electrons. The van der Waals surface area contributed by atoms with Crippen molar-refractivity contribution in [3.63, 3.8) is 0 Å². The smallest absolute Gasteiger partial charge is 0.146 e. The Balaban J connectivity index is 2.91. The number of hydrogen-bond donors (Lipinski definition) is 1. The van der Waals surface area contributed by atoms with Gasteiger partial charge in [-0.1, -0.05) is 26.0 Å². The van der Waals surface area contributed by atoms with Crippen LogP contribution in [0.1, 0.15) is 39.2 Å². The zero-order valence-corrected chi connectivity index (χ0v) is 11.8. The number of halogens is 1. The third-order valence-corrected chi connectivity index (χ3v) is 3.00. The Morgan fingerprint density at radius 3 is 2.56 bits per heavy atom. The third kappa shape index (κ3) is 3.98. The molecular formula is C15H25FN2. The molecule has 0 fully saturated rings. The van der Waals surface area contributed by atoms with Crippen molar-refractivity contribution in [3.05, 3.63) is 29.6 Å². The van der Waals surface area contributed by atoms with Gasteiger partial charge in [-0.25, -0.2) is 4.39 Å². The van der Waals surface area contributed by atoms with Gasteiger partial charge >= 0.3 is 0 Å². The van der Waals surface area contributed by atoms with E-state index in [-0.39, 0.29) is 5.82 Å². The highest BCUT2D eigenvalue weighted by molar-refractivity contribution is 5.54. The summed E-state index contributed by atoms with van der Waals surface area (Å²) < 4.78 is 14.1. The Morgan fingerprint density at radius 1 is 1.17 bits per heavy atom. The van der Waals surface area contributed by atoms with E-state index in [0.717, 1.165) is 50.3 Å². The van der Waals surface area contributed by atoms with Gasteiger partial charge in [0, 0.05) is 19.6 Å². The van der Waals surface area contributed by atoms with Crippen molar-refractivity contribution in [2.24, 2.45) is 0 Å². The lowest BCUT2D eigenvalue weighted by Crippen LogP contribution is -2.27. The van der Waals surface area contributed by atoms with Crippen LogP contribution in [-0.4, -0.2) is 19.6 Å². The van der Waals surface area contributed by atoms with Gasteiger partial charge < -0.3 is 10.2 Å². The average molecular weight is 252 g/mol. The summed E-state index contributed by atoms with van der Waals surface area (Å²) in [6.45, 7) is 9.78. The maximum absolute atomic E-state index is 14.1. The van der Waals surface area contributed by atoms with E-state index < -0.39 is 0 Å². The van der Waals surface area contributed by atoms with Gasteiger partial charge in [-0.2, -0.15) is 0 Å². The fourth-order valence-electron chi connectivity index (χ4n) is 2.15. The lowest BCUT2D eigenvalue weighted by Gasteiger charge is -2.26. The second kappa shape index (κ2) is 8.09. The van der Waals surface area contributed by atoms with Crippen LogP contribution in [0.15, 0.2) is 18.2 Å². The summed E-state index contributed by atoms with van der Waals surface area (Å²) in [6, 6.07) is 5.36. The summed E-state index contributed by atoms with van der Waals surface area (Å²) >= 11 is 0. The predicted molar refractivity (Wildman–Crippen MR) is 76.6 cm³/mol. The molecule has 1 N–H and O–H groups in total. The molecule has 0 spiro atoms. The SMILES string of the molecule is CCCNCc1cccc(F)c1N(CC)CCC. The molecule has 0 aliphatic heterocycles. The molecule has 0 atom stereocenters. The largest absolute Gasteiger partial charge is 0.369 e. The molecule has 0 bridgehead atoms. The van der Waals surface area contributed by atoms with Gasteiger partial charge in [0.1, 0.15) is 5.82 Å². The summed E-state index contributed by atoms with van der Waals surface area (Å²) in [5, 5.41) is 3.35. The maximum atomic E-state index is 14.1. The van der Waals surface area contributed by atoms with Crippen molar-refractivity contribution in [3.8, 4) is 0 Å². The van der Waals surface area contributed by atoms with E-state index in [0.29, 0.717) is 0 Å². The first-order valence-corrected chi connectivity index (χ1v) is 6.97. The van der Waals surface area contributed by atoms with E-state index >= 15 is 0 Å².